The molecule has 8 aromatic heterocycles. The summed E-state index contributed by atoms with van der Waals surface area (Å²) in [6.45, 7) is 33.1. The molecule has 12 aromatic carbocycles. The zero-order valence-corrected chi connectivity index (χ0v) is 93.1. The number of nitrogens with zero attached hydrogens (tertiary/aromatic N) is 8. The fraction of sp³-hybridized carbons (Fsp3) is 0.145. The molecule has 0 saturated heterocycles. The minimum atomic E-state index is 0. The van der Waals surface area contributed by atoms with Gasteiger partial charge in [-0.05, 0) is 180 Å². The Kier molecular flexibility index (Phi) is 44.5. The van der Waals surface area contributed by atoms with Crippen molar-refractivity contribution in [3.8, 4) is 135 Å². The molecular formula is C131H118Ir4N8-8. The van der Waals surface area contributed by atoms with Crippen molar-refractivity contribution in [1.29, 1.82) is 0 Å². The molecule has 8 heterocycles. The summed E-state index contributed by atoms with van der Waals surface area (Å²) in [5.41, 5.74) is 35.4. The molecule has 20 rings (SSSR count). The summed E-state index contributed by atoms with van der Waals surface area (Å²) in [6, 6.07) is 159. The van der Waals surface area contributed by atoms with Crippen molar-refractivity contribution in [3.63, 3.8) is 0 Å². The molecule has 143 heavy (non-hydrogen) atoms. The third-order valence-corrected chi connectivity index (χ3v) is 22.6. The monoisotopic (exact) mass is 2570 g/mol. The maximum Gasteiger partial charge on any atom is 0.0190 e. The van der Waals surface area contributed by atoms with E-state index in [0.29, 0.717) is 0 Å². The summed E-state index contributed by atoms with van der Waals surface area (Å²) in [5, 5.41) is 0. The number of hydrogen-bond donors (Lipinski definition) is 0. The quantitative estimate of drug-likeness (QED) is 0.111. The van der Waals surface area contributed by atoms with Gasteiger partial charge in [-0.25, -0.2) is 0 Å². The Balaban J connectivity index is 0.000000184. The average Bonchev–Trinajstić information content (AvgIpc) is 0.795. The molecule has 0 aliphatic rings. The summed E-state index contributed by atoms with van der Waals surface area (Å²) in [6.07, 6.45) is 14.6. The van der Waals surface area contributed by atoms with E-state index in [1.807, 2.05) is 243 Å². The number of hydrogen-bond acceptors (Lipinski definition) is 8. The van der Waals surface area contributed by atoms with E-state index in [1.165, 1.54) is 83.5 Å². The second-order valence-corrected chi connectivity index (χ2v) is 37.6. The topological polar surface area (TPSA) is 103 Å². The van der Waals surface area contributed by atoms with Gasteiger partial charge in [-0.1, -0.05) is 277 Å². The Labute approximate surface area is 903 Å². The van der Waals surface area contributed by atoms with Crippen molar-refractivity contribution < 1.29 is 80.4 Å². The number of pyridine rings is 8. The van der Waals surface area contributed by atoms with Gasteiger partial charge >= 0.3 is 0 Å². The van der Waals surface area contributed by atoms with Crippen molar-refractivity contribution in [2.24, 2.45) is 0 Å². The molecule has 0 aliphatic carbocycles. The SMILES string of the molecule is CC(C)(C)c1ccccc1-c1cc[c-]c(-c2ccccn2)c1.Cc1ccc(-c2[c-]ccc(-c3cccc(C(C)(C)C)c3)c2)nc1.Cc1ccc(-c2[c-]ccc(-c3ccccc3C(C)(C)C)c2)nc1.Cc1ccnc(-c2[c-]ccc(-c3ccc(C(C)(C)C)cc3)c2)c1.[Ir].[Ir].[Ir].[Ir].[c-]1ccccc1-c1ccccn1.[c-]1ccccc1-c1ccccn1.[c-]1ccccc1-c1ccccn1.[c-]1ccccc1-c1ccccn1. The normalized spacial score (nSPS) is 10.5. The number of aromatic nitrogens is 8. The molecule has 0 atom stereocenters. The van der Waals surface area contributed by atoms with E-state index in [9.17, 15) is 0 Å². The van der Waals surface area contributed by atoms with Crippen molar-refractivity contribution in [1.82, 2.24) is 39.9 Å². The van der Waals surface area contributed by atoms with Crippen LogP contribution in [0.4, 0.5) is 0 Å². The first-order valence-corrected chi connectivity index (χ1v) is 47.0. The van der Waals surface area contributed by atoms with Crippen LogP contribution in [0.2, 0.25) is 0 Å². The van der Waals surface area contributed by atoms with Gasteiger partial charge in [-0.3, -0.25) is 0 Å². The summed E-state index contributed by atoms with van der Waals surface area (Å²) in [5.74, 6) is 0. The first-order valence-electron chi connectivity index (χ1n) is 47.0. The fourth-order valence-corrected chi connectivity index (χ4v) is 15.0. The van der Waals surface area contributed by atoms with Crippen LogP contribution in [0.3, 0.4) is 0 Å². The fourth-order valence-electron chi connectivity index (χ4n) is 15.0. The predicted molar refractivity (Wildman–Crippen MR) is 579 cm³/mol. The Morgan fingerprint density at radius 2 is 0.469 bits per heavy atom. The molecule has 0 saturated carbocycles. The molecule has 0 unspecified atom stereocenters. The Bertz CT molecular complexity index is 6660. The van der Waals surface area contributed by atoms with Gasteiger partial charge in [0, 0.05) is 130 Å². The number of aryl methyl sites for hydroxylation is 3. The Morgan fingerprint density at radius 3 is 0.783 bits per heavy atom. The van der Waals surface area contributed by atoms with Gasteiger partial charge in [0.2, 0.25) is 0 Å². The molecular weight excluding hydrogens is 2450 g/mol. The van der Waals surface area contributed by atoms with Crippen LogP contribution in [0, 0.1) is 69.3 Å². The minimum Gasteiger partial charge on any atom is -0.305 e. The van der Waals surface area contributed by atoms with Gasteiger partial charge < -0.3 is 39.9 Å². The van der Waals surface area contributed by atoms with Crippen molar-refractivity contribution >= 4 is 0 Å². The molecule has 0 spiro atoms. The van der Waals surface area contributed by atoms with Gasteiger partial charge in [0.25, 0.3) is 0 Å². The van der Waals surface area contributed by atoms with Gasteiger partial charge in [0.05, 0.1) is 0 Å². The smallest absolute Gasteiger partial charge is 0.0190 e. The van der Waals surface area contributed by atoms with Crippen LogP contribution in [-0.2, 0) is 102 Å². The number of benzene rings is 12. The summed E-state index contributed by atoms with van der Waals surface area (Å²) >= 11 is 0. The second-order valence-electron chi connectivity index (χ2n) is 37.6. The molecule has 726 valence electrons. The van der Waals surface area contributed by atoms with E-state index in [-0.39, 0.29) is 102 Å². The molecule has 20 aromatic rings. The Hall–Kier alpha value is -13.6. The molecule has 4 radical (unpaired) electrons. The van der Waals surface area contributed by atoms with Gasteiger partial charge in [-0.15, -0.1) is 285 Å². The van der Waals surface area contributed by atoms with Crippen molar-refractivity contribution in [2.45, 2.75) is 126 Å². The van der Waals surface area contributed by atoms with Crippen molar-refractivity contribution in [2.75, 3.05) is 0 Å². The summed E-state index contributed by atoms with van der Waals surface area (Å²) < 4.78 is 0. The maximum absolute atomic E-state index is 4.52. The van der Waals surface area contributed by atoms with Gasteiger partial charge in [0.15, 0.2) is 0 Å². The van der Waals surface area contributed by atoms with E-state index < -0.39 is 0 Å². The molecule has 0 N–H and O–H groups in total. The molecule has 0 fully saturated rings. The van der Waals surface area contributed by atoms with E-state index in [4.69, 9.17) is 0 Å². The molecule has 8 nitrogen and oxygen atoms in total. The Morgan fingerprint density at radius 1 is 0.175 bits per heavy atom. The molecule has 0 bridgehead atoms. The zero-order chi connectivity index (χ0) is 97.8. The van der Waals surface area contributed by atoms with Gasteiger partial charge in [0.1, 0.15) is 0 Å². The zero-order valence-electron chi connectivity index (χ0n) is 83.6. The van der Waals surface area contributed by atoms with E-state index in [1.54, 1.807) is 24.8 Å². The first kappa shape index (κ1) is 113. The standard InChI is InChI=1S/3C22H22N.C21H20N.4C11H8N.4Ir/c1-16-11-12-21(23-15-16)19-9-5-7-17(13-19)18-8-6-10-20(14-18)22(2,3)4;1-16-12-13-21(23-15-16)18-9-7-8-17(14-18)19-10-5-6-11-20(19)22(2,3)4;1-16-12-13-23-21(14-16)19-7-5-6-18(15-19)17-8-10-20(11-9-17)22(2,3)4;1-21(2,3)19-12-5-4-11-18(19)16-9-8-10-17(15-16)20-13-6-7-14-22-20;4*1-2-6-10(7-3-1)11-8-4-5-9-12-11;;;;/h2*5-8,10-15H,1-4H3;5-6,8-15H,1-4H3;4-9,11-15H,1-3H3;4*1-6,8-9H;;;;/q8*-1;;;;. The molecule has 0 amide bonds. The van der Waals surface area contributed by atoms with Crippen LogP contribution in [0.1, 0.15) is 122 Å². The molecule has 12 heteroatoms. The van der Waals surface area contributed by atoms with Crippen LogP contribution in [0.25, 0.3) is 135 Å². The van der Waals surface area contributed by atoms with Crippen molar-refractivity contribution in [3.05, 3.63) is 531 Å². The largest absolute Gasteiger partial charge is 0.305 e. The maximum atomic E-state index is 4.52. The predicted octanol–water partition coefficient (Wildman–Crippen LogP) is 33.2. The second kappa shape index (κ2) is 56.3. The van der Waals surface area contributed by atoms with Gasteiger partial charge in [-0.2, -0.15) is 0 Å². The van der Waals surface area contributed by atoms with Crippen LogP contribution >= 0.6 is 0 Å². The van der Waals surface area contributed by atoms with E-state index in [2.05, 4.69) is 368 Å². The van der Waals surface area contributed by atoms with Crippen LogP contribution in [0.5, 0.6) is 0 Å². The van der Waals surface area contributed by atoms with Crippen LogP contribution in [-0.4, -0.2) is 39.9 Å². The van der Waals surface area contributed by atoms with E-state index in [0.717, 1.165) is 90.1 Å². The minimum absolute atomic E-state index is 0. The summed E-state index contributed by atoms with van der Waals surface area (Å²) in [7, 11) is 0. The van der Waals surface area contributed by atoms with Crippen LogP contribution in [0.15, 0.2) is 444 Å². The number of rotatable bonds is 12. The summed E-state index contributed by atoms with van der Waals surface area (Å²) in [4.78, 5) is 34.8. The third kappa shape index (κ3) is 34.9. The van der Waals surface area contributed by atoms with Crippen LogP contribution < -0.4 is 0 Å². The first-order chi connectivity index (χ1) is 67.2. The third-order valence-electron chi connectivity index (χ3n) is 22.6. The van der Waals surface area contributed by atoms with E-state index >= 15 is 0 Å². The average molecular weight is 2570 g/mol. The molecule has 0 aliphatic heterocycles.